The molecule has 1 spiro atoms. The number of halogens is 2. The number of rotatable bonds is 2. The number of fused-ring (bicyclic) bond motifs is 4. The summed E-state index contributed by atoms with van der Waals surface area (Å²) in [5.41, 5.74) is 3.56. The number of carbonyl (C=O) groups is 1. The highest BCUT2D eigenvalue weighted by Crippen LogP contribution is 2.53. The van der Waals surface area contributed by atoms with Gasteiger partial charge in [0, 0.05) is 17.0 Å². The first kappa shape index (κ1) is 20.3. The van der Waals surface area contributed by atoms with Gasteiger partial charge in [-0.15, -0.1) is 0 Å². The molecule has 1 fully saturated rings. The van der Waals surface area contributed by atoms with E-state index >= 15 is 0 Å². The van der Waals surface area contributed by atoms with Crippen LogP contribution < -0.4 is 10.1 Å². The molecule has 3 aliphatic rings. The Labute approximate surface area is 198 Å². The van der Waals surface area contributed by atoms with Crippen LogP contribution in [-0.4, -0.2) is 21.8 Å². The largest absolute Gasteiger partial charge is 0.444 e. The van der Waals surface area contributed by atoms with Gasteiger partial charge < -0.3 is 4.74 Å². The Morgan fingerprint density at radius 3 is 2.73 bits per heavy atom. The molecular formula is C25H17ClFN3O2S. The summed E-state index contributed by atoms with van der Waals surface area (Å²) in [5.74, 6) is -0.993. The van der Waals surface area contributed by atoms with Crippen molar-refractivity contribution < 1.29 is 13.9 Å². The topological polar surface area (TPSA) is 53.9 Å². The van der Waals surface area contributed by atoms with Crippen molar-refractivity contribution in [1.82, 2.24) is 10.3 Å². The van der Waals surface area contributed by atoms with Crippen LogP contribution in [0.15, 0.2) is 82.8 Å². The van der Waals surface area contributed by atoms with Gasteiger partial charge in [0.05, 0.1) is 16.7 Å². The smallest absolute Gasteiger partial charge is 0.314 e. The molecule has 6 rings (SSSR count). The predicted octanol–water partition coefficient (Wildman–Crippen LogP) is 6.17. The number of carbonyl (C=O) groups excluding carboxylic acids is 1. The normalized spacial score (nSPS) is 24.4. The third-order valence-corrected chi connectivity index (χ3v) is 7.04. The van der Waals surface area contributed by atoms with Crippen LogP contribution in [0.4, 0.5) is 9.18 Å². The summed E-state index contributed by atoms with van der Waals surface area (Å²) < 4.78 is 19.9. The molecule has 5 nitrogen and oxygen atoms in total. The van der Waals surface area contributed by atoms with Crippen molar-refractivity contribution in [3.63, 3.8) is 0 Å². The monoisotopic (exact) mass is 477 g/mol. The summed E-state index contributed by atoms with van der Waals surface area (Å²) in [5, 5.41) is 10.1. The highest BCUT2D eigenvalue weighted by Gasteiger charge is 2.58. The van der Waals surface area contributed by atoms with Gasteiger partial charge in [0.25, 0.3) is 5.24 Å². The van der Waals surface area contributed by atoms with E-state index in [4.69, 9.17) is 21.4 Å². The van der Waals surface area contributed by atoms with E-state index in [1.54, 1.807) is 18.2 Å². The van der Waals surface area contributed by atoms with Crippen LogP contribution in [0.5, 0.6) is 5.75 Å². The highest BCUT2D eigenvalue weighted by atomic mass is 35.5. The zero-order valence-electron chi connectivity index (χ0n) is 17.2. The Morgan fingerprint density at radius 2 is 1.94 bits per heavy atom. The molecule has 3 aliphatic heterocycles. The lowest BCUT2D eigenvalue weighted by Gasteiger charge is -2.45. The maximum Gasteiger partial charge on any atom is 0.314 e. The van der Waals surface area contributed by atoms with Crippen molar-refractivity contribution in [2.24, 2.45) is 5.10 Å². The lowest BCUT2D eigenvalue weighted by molar-refractivity contribution is -0.0949. The Bertz CT molecular complexity index is 1330. The molecule has 2 unspecified atom stereocenters. The van der Waals surface area contributed by atoms with Gasteiger partial charge in [-0.05, 0) is 59.3 Å². The molecule has 164 valence electrons. The molecule has 0 aromatic heterocycles. The average Bonchev–Trinajstić information content (AvgIpc) is 3.40. The van der Waals surface area contributed by atoms with Crippen LogP contribution in [0.1, 0.15) is 29.2 Å². The van der Waals surface area contributed by atoms with E-state index in [2.05, 4.69) is 5.32 Å². The van der Waals surface area contributed by atoms with Crippen molar-refractivity contribution in [2.45, 2.75) is 18.3 Å². The number of hydrazone groups is 1. The first-order chi connectivity index (χ1) is 16.0. The molecule has 3 aromatic carbocycles. The Balaban J connectivity index is 1.52. The number of amides is 1. The Morgan fingerprint density at radius 1 is 1.15 bits per heavy atom. The number of hydrogen-bond donors (Lipinski definition) is 1. The van der Waals surface area contributed by atoms with Crippen LogP contribution in [0.2, 0.25) is 5.02 Å². The Hall–Kier alpha value is -3.29. The zero-order valence-corrected chi connectivity index (χ0v) is 18.7. The number of benzene rings is 3. The van der Waals surface area contributed by atoms with Crippen molar-refractivity contribution in [3.8, 4) is 5.75 Å². The number of hydrogen-bond acceptors (Lipinski definition) is 5. The molecule has 1 saturated heterocycles. The molecule has 8 heteroatoms. The van der Waals surface area contributed by atoms with Gasteiger partial charge >= 0.3 is 5.85 Å². The Kier molecular flexibility index (Phi) is 4.71. The van der Waals surface area contributed by atoms with E-state index in [1.165, 1.54) is 12.1 Å². The fraction of sp³-hybridized carbons (Fsp3) is 0.120. The summed E-state index contributed by atoms with van der Waals surface area (Å²) in [6.07, 6.45) is 2.46. The van der Waals surface area contributed by atoms with Gasteiger partial charge in [-0.25, -0.2) is 9.40 Å². The molecule has 0 radical (unpaired) electrons. The quantitative estimate of drug-likeness (QED) is 0.479. The maximum atomic E-state index is 13.4. The molecule has 2 atom stereocenters. The van der Waals surface area contributed by atoms with Crippen LogP contribution in [0.25, 0.3) is 6.08 Å². The summed E-state index contributed by atoms with van der Waals surface area (Å²) in [6.45, 7) is 0. The fourth-order valence-electron chi connectivity index (χ4n) is 4.40. The highest BCUT2D eigenvalue weighted by molar-refractivity contribution is 8.17. The minimum Gasteiger partial charge on any atom is -0.444 e. The van der Waals surface area contributed by atoms with Gasteiger partial charge in [-0.3, -0.25) is 10.1 Å². The molecule has 3 heterocycles. The first-order valence-corrected chi connectivity index (χ1v) is 11.6. The second-order valence-electron chi connectivity index (χ2n) is 7.98. The summed E-state index contributed by atoms with van der Waals surface area (Å²) in [4.78, 5) is 13.3. The van der Waals surface area contributed by atoms with Gasteiger partial charge in [0.15, 0.2) is 0 Å². The van der Waals surface area contributed by atoms with Gasteiger partial charge in [-0.2, -0.15) is 5.10 Å². The summed E-state index contributed by atoms with van der Waals surface area (Å²) in [6, 6.07) is 21.3. The minimum absolute atomic E-state index is 0.182. The number of nitrogens with one attached hydrogen (secondary N) is 1. The standard InChI is InChI=1S/C25H17ClFN3O2S/c26-17-8-11-22-19(13-17)21-14-20(16-4-2-1-3-5-16)29-30(21)25(32-22)23(33-24(31)28-25)12-15-6-9-18(27)10-7-15/h1-13,21H,14H2,(H,28,31)/b23-12-. The predicted molar refractivity (Wildman–Crippen MR) is 127 cm³/mol. The summed E-state index contributed by atoms with van der Waals surface area (Å²) in [7, 11) is 0. The van der Waals surface area contributed by atoms with E-state index in [9.17, 15) is 9.18 Å². The van der Waals surface area contributed by atoms with E-state index in [0.717, 1.165) is 34.2 Å². The lowest BCUT2D eigenvalue weighted by Crippen LogP contribution is -2.61. The molecule has 33 heavy (non-hydrogen) atoms. The third kappa shape index (κ3) is 3.39. The van der Waals surface area contributed by atoms with Crippen LogP contribution in [-0.2, 0) is 0 Å². The second-order valence-corrected chi connectivity index (χ2v) is 9.43. The van der Waals surface area contributed by atoms with Crippen molar-refractivity contribution in [2.75, 3.05) is 0 Å². The lowest BCUT2D eigenvalue weighted by atomic mass is 9.95. The van der Waals surface area contributed by atoms with E-state index < -0.39 is 5.85 Å². The molecule has 1 amide bonds. The van der Waals surface area contributed by atoms with E-state index in [0.29, 0.717) is 22.1 Å². The van der Waals surface area contributed by atoms with Gasteiger partial charge in [0.1, 0.15) is 11.6 Å². The second kappa shape index (κ2) is 7.64. The fourth-order valence-corrected chi connectivity index (χ4v) is 5.49. The van der Waals surface area contributed by atoms with E-state index in [1.807, 2.05) is 53.5 Å². The van der Waals surface area contributed by atoms with Crippen LogP contribution >= 0.6 is 23.4 Å². The number of thioether (sulfide) groups is 1. The molecule has 1 N–H and O–H groups in total. The van der Waals surface area contributed by atoms with Gasteiger partial charge in [0.2, 0.25) is 0 Å². The molecule has 0 aliphatic carbocycles. The molecule has 3 aromatic rings. The van der Waals surface area contributed by atoms with Crippen molar-refractivity contribution in [1.29, 1.82) is 0 Å². The SMILES string of the molecule is O=C1NC2(Oc3ccc(Cl)cc3C3CC(c4ccccc4)=NN32)/C(=C/c2ccc(F)cc2)S1. The number of ether oxygens (including phenoxy) is 1. The van der Waals surface area contributed by atoms with Gasteiger partial charge in [-0.1, -0.05) is 54.1 Å². The molecule has 0 saturated carbocycles. The third-order valence-electron chi connectivity index (χ3n) is 5.90. The van der Waals surface area contributed by atoms with Crippen molar-refractivity contribution in [3.05, 3.63) is 105 Å². The summed E-state index contributed by atoms with van der Waals surface area (Å²) >= 11 is 7.37. The van der Waals surface area contributed by atoms with Crippen LogP contribution in [0, 0.1) is 5.82 Å². The van der Waals surface area contributed by atoms with E-state index in [-0.39, 0.29) is 17.1 Å². The first-order valence-electron chi connectivity index (χ1n) is 10.4. The minimum atomic E-state index is -1.31. The maximum absolute atomic E-state index is 13.4. The average molecular weight is 478 g/mol. The molecular weight excluding hydrogens is 461 g/mol. The van der Waals surface area contributed by atoms with Crippen molar-refractivity contribution >= 4 is 40.4 Å². The molecule has 0 bridgehead atoms. The zero-order chi connectivity index (χ0) is 22.6. The number of nitrogens with zero attached hydrogens (tertiary/aromatic N) is 2. The van der Waals surface area contributed by atoms with Crippen LogP contribution in [0.3, 0.4) is 0 Å².